The van der Waals surface area contributed by atoms with Crippen molar-refractivity contribution >= 4 is 45.9 Å². The molecule has 2 aromatic carbocycles. The molecule has 0 radical (unpaired) electrons. The monoisotopic (exact) mass is 525 g/mol. The smallest absolute Gasteiger partial charge is 0.361 e. The van der Waals surface area contributed by atoms with E-state index in [-0.39, 0.29) is 25.0 Å². The Morgan fingerprint density at radius 3 is 2.37 bits per heavy atom. The summed E-state index contributed by atoms with van der Waals surface area (Å²) in [5.74, 6) is -0.839. The van der Waals surface area contributed by atoms with Gasteiger partial charge in [0.1, 0.15) is 6.54 Å². The number of hydrogen-bond acceptors (Lipinski definition) is 2. The van der Waals surface area contributed by atoms with Crippen LogP contribution in [0.2, 0.25) is 0 Å². The van der Waals surface area contributed by atoms with Gasteiger partial charge in [0.15, 0.2) is 4.84 Å². The summed E-state index contributed by atoms with van der Waals surface area (Å²) in [5, 5.41) is 1.04. The van der Waals surface area contributed by atoms with Gasteiger partial charge in [-0.05, 0) is 48.6 Å². The molecule has 1 N–H and O–H groups in total. The minimum Gasteiger partial charge on any atom is -0.361 e. The number of aromatic amines is 1. The van der Waals surface area contributed by atoms with E-state index in [1.807, 2.05) is 30.5 Å². The van der Waals surface area contributed by atoms with Gasteiger partial charge < -0.3 is 14.8 Å². The van der Waals surface area contributed by atoms with Crippen LogP contribution in [-0.2, 0) is 28.7 Å². The fraction of sp³-hybridized carbons (Fsp3) is 0.360. The maximum atomic E-state index is 13.3. The summed E-state index contributed by atoms with van der Waals surface area (Å²) in [7, 11) is 0. The number of hydrogen-bond donors (Lipinski definition) is 1. The number of amides is 2. The highest BCUT2D eigenvalue weighted by atomic mass is 35.5. The van der Waals surface area contributed by atoms with E-state index in [9.17, 15) is 22.8 Å². The maximum Gasteiger partial charge on any atom is 0.416 e. The van der Waals surface area contributed by atoms with Crippen molar-refractivity contribution in [2.75, 3.05) is 13.1 Å². The van der Waals surface area contributed by atoms with Crippen LogP contribution in [0.15, 0.2) is 54.7 Å². The van der Waals surface area contributed by atoms with Gasteiger partial charge >= 0.3 is 6.18 Å². The lowest BCUT2D eigenvalue weighted by Crippen LogP contribution is -2.45. The van der Waals surface area contributed by atoms with Crippen LogP contribution in [0.5, 0.6) is 0 Å². The minimum atomic E-state index is -4.44. The van der Waals surface area contributed by atoms with Gasteiger partial charge in [0.05, 0.1) is 5.56 Å². The standard InChI is InChI=1S/C25H24Cl2F3N3O2/c26-23(27)24(35)33(19-9-10-19)15-22(34)32(14-16-5-7-18(8-6-16)25(28,29)30)12-11-17-13-31-21-4-2-1-3-20(17)21/h1-8,13,19,23,31H,9-12,14-15H2. The van der Waals surface area contributed by atoms with E-state index < -0.39 is 22.5 Å². The molecule has 1 fully saturated rings. The van der Waals surface area contributed by atoms with Gasteiger partial charge in [0.2, 0.25) is 5.91 Å². The maximum absolute atomic E-state index is 13.3. The summed E-state index contributed by atoms with van der Waals surface area (Å²) in [6.07, 6.45) is -0.478. The zero-order chi connectivity index (χ0) is 25.2. The molecule has 2 amide bonds. The normalized spacial score (nSPS) is 13.9. The zero-order valence-electron chi connectivity index (χ0n) is 18.7. The molecule has 1 heterocycles. The first-order valence-electron chi connectivity index (χ1n) is 11.2. The number of carbonyl (C=O) groups is 2. The number of alkyl halides is 5. The molecule has 35 heavy (non-hydrogen) atoms. The molecule has 0 spiro atoms. The fourth-order valence-corrected chi connectivity index (χ4v) is 4.30. The molecule has 5 nitrogen and oxygen atoms in total. The fourth-order valence-electron chi connectivity index (χ4n) is 4.05. The number of carbonyl (C=O) groups excluding carboxylic acids is 2. The molecule has 0 saturated heterocycles. The highest BCUT2D eigenvalue weighted by Gasteiger charge is 2.37. The number of nitrogens with one attached hydrogen (secondary N) is 1. The number of para-hydroxylation sites is 1. The van der Waals surface area contributed by atoms with Crippen LogP contribution in [0, 0.1) is 0 Å². The van der Waals surface area contributed by atoms with Crippen LogP contribution in [0.4, 0.5) is 13.2 Å². The number of fused-ring (bicyclic) bond motifs is 1. The van der Waals surface area contributed by atoms with E-state index in [0.29, 0.717) is 18.5 Å². The predicted molar refractivity (Wildman–Crippen MR) is 129 cm³/mol. The van der Waals surface area contributed by atoms with Crippen LogP contribution in [0.3, 0.4) is 0 Å². The lowest BCUT2D eigenvalue weighted by molar-refractivity contribution is -0.140. The third-order valence-electron chi connectivity index (χ3n) is 6.10. The molecular formula is C25H24Cl2F3N3O2. The Morgan fingerprint density at radius 1 is 1.06 bits per heavy atom. The van der Waals surface area contributed by atoms with Gasteiger partial charge in [0, 0.05) is 36.2 Å². The highest BCUT2D eigenvalue weighted by molar-refractivity contribution is 6.53. The van der Waals surface area contributed by atoms with Gasteiger partial charge in [-0.25, -0.2) is 0 Å². The summed E-state index contributed by atoms with van der Waals surface area (Å²) < 4.78 is 38.9. The van der Waals surface area contributed by atoms with Crippen molar-refractivity contribution in [2.24, 2.45) is 0 Å². The van der Waals surface area contributed by atoms with Crippen LogP contribution in [-0.4, -0.2) is 50.6 Å². The van der Waals surface area contributed by atoms with Crippen molar-refractivity contribution in [3.63, 3.8) is 0 Å². The summed E-state index contributed by atoms with van der Waals surface area (Å²) >= 11 is 11.6. The second-order valence-corrected chi connectivity index (χ2v) is 9.71. The van der Waals surface area contributed by atoms with Gasteiger partial charge in [-0.3, -0.25) is 9.59 Å². The third-order valence-corrected chi connectivity index (χ3v) is 6.47. The van der Waals surface area contributed by atoms with Crippen molar-refractivity contribution in [3.8, 4) is 0 Å². The molecule has 1 aliphatic carbocycles. The van der Waals surface area contributed by atoms with E-state index in [4.69, 9.17) is 23.2 Å². The molecule has 1 aromatic heterocycles. The Kier molecular flexibility index (Phi) is 7.62. The summed E-state index contributed by atoms with van der Waals surface area (Å²) in [6, 6.07) is 12.5. The van der Waals surface area contributed by atoms with Gasteiger partial charge in [-0.2, -0.15) is 13.2 Å². The van der Waals surface area contributed by atoms with Crippen molar-refractivity contribution in [3.05, 3.63) is 71.4 Å². The Labute approximate surface area is 210 Å². The number of rotatable bonds is 9. The Balaban J connectivity index is 1.53. The zero-order valence-corrected chi connectivity index (χ0v) is 20.2. The van der Waals surface area contributed by atoms with Crippen molar-refractivity contribution in [1.29, 1.82) is 0 Å². The van der Waals surface area contributed by atoms with Crippen LogP contribution in [0.1, 0.15) is 29.5 Å². The molecule has 4 rings (SSSR count). The van der Waals surface area contributed by atoms with Gasteiger partial charge in [-0.1, -0.05) is 53.5 Å². The highest BCUT2D eigenvalue weighted by Crippen LogP contribution is 2.30. The van der Waals surface area contributed by atoms with E-state index >= 15 is 0 Å². The summed E-state index contributed by atoms with van der Waals surface area (Å²) in [6.45, 7) is 0.241. The number of H-pyrrole nitrogens is 1. The molecular weight excluding hydrogens is 502 g/mol. The Hall–Kier alpha value is -2.71. The topological polar surface area (TPSA) is 56.4 Å². The Bertz CT molecular complexity index is 1190. The minimum absolute atomic E-state index is 0.0759. The van der Waals surface area contributed by atoms with E-state index in [1.54, 1.807) is 4.90 Å². The molecule has 1 saturated carbocycles. The number of halogens is 5. The number of benzene rings is 2. The lowest BCUT2D eigenvalue weighted by Gasteiger charge is -2.28. The van der Waals surface area contributed by atoms with Crippen molar-refractivity contribution in [2.45, 2.75) is 42.9 Å². The molecule has 0 bridgehead atoms. The summed E-state index contributed by atoms with van der Waals surface area (Å²) in [5.41, 5.74) is 1.80. The molecule has 10 heteroatoms. The molecule has 1 aliphatic rings. The predicted octanol–water partition coefficient (Wildman–Crippen LogP) is 5.55. The van der Waals surface area contributed by atoms with E-state index in [0.717, 1.165) is 41.4 Å². The SMILES string of the molecule is O=C(CN(C(=O)C(Cl)Cl)C1CC1)N(CCc1c[nH]c2ccccc12)Cc1ccc(C(F)(F)F)cc1. The summed E-state index contributed by atoms with van der Waals surface area (Å²) in [4.78, 5) is 30.7. The van der Waals surface area contributed by atoms with Gasteiger partial charge in [0.25, 0.3) is 5.91 Å². The molecule has 0 aliphatic heterocycles. The van der Waals surface area contributed by atoms with Crippen LogP contribution < -0.4 is 0 Å². The second kappa shape index (κ2) is 10.5. The first kappa shape index (κ1) is 25.4. The Morgan fingerprint density at radius 2 is 1.74 bits per heavy atom. The number of aromatic nitrogens is 1. The largest absolute Gasteiger partial charge is 0.416 e. The van der Waals surface area contributed by atoms with Crippen molar-refractivity contribution in [1.82, 2.24) is 14.8 Å². The first-order chi connectivity index (χ1) is 16.6. The third kappa shape index (κ3) is 6.30. The van der Waals surface area contributed by atoms with E-state index in [2.05, 4.69) is 4.98 Å². The van der Waals surface area contributed by atoms with Crippen LogP contribution in [0.25, 0.3) is 10.9 Å². The van der Waals surface area contributed by atoms with Crippen molar-refractivity contribution < 1.29 is 22.8 Å². The van der Waals surface area contributed by atoms with Gasteiger partial charge in [-0.15, -0.1) is 0 Å². The van der Waals surface area contributed by atoms with E-state index in [1.165, 1.54) is 17.0 Å². The first-order valence-corrected chi connectivity index (χ1v) is 12.1. The number of nitrogens with zero attached hydrogens (tertiary/aromatic N) is 2. The van der Waals surface area contributed by atoms with Crippen LogP contribution >= 0.6 is 23.2 Å². The average molecular weight is 526 g/mol. The lowest BCUT2D eigenvalue weighted by atomic mass is 10.1. The average Bonchev–Trinajstić information content (AvgIpc) is 3.59. The second-order valence-electron chi connectivity index (χ2n) is 8.62. The molecule has 0 unspecified atom stereocenters. The molecule has 3 aromatic rings. The molecule has 0 atom stereocenters. The quantitative estimate of drug-likeness (QED) is 0.372. The molecule has 186 valence electrons.